The average molecular weight is 205 g/mol. The maximum absolute atomic E-state index is 5.97. The topological polar surface area (TPSA) is 0 Å². The number of allylic oxidation sites excluding steroid dienone is 1. The molecule has 0 bridgehead atoms. The van der Waals surface area contributed by atoms with Gasteiger partial charge in [0.2, 0.25) is 0 Å². The first kappa shape index (κ1) is 12.2. The Morgan fingerprint density at radius 2 is 1.75 bits per heavy atom. The first-order valence-electron chi connectivity index (χ1n) is 5.02. The summed E-state index contributed by atoms with van der Waals surface area (Å²) in [5, 5.41) is 0. The lowest BCUT2D eigenvalue weighted by Gasteiger charge is -2.00. The number of halogens is 1. The third-order valence-electron chi connectivity index (χ3n) is 2.01. The summed E-state index contributed by atoms with van der Waals surface area (Å²) in [6, 6.07) is 1.31. The summed E-state index contributed by atoms with van der Waals surface area (Å²) in [4.78, 5) is 0. The molecular weight excluding hydrogens is 184 g/mol. The van der Waals surface area contributed by atoms with Crippen molar-refractivity contribution in [3.63, 3.8) is 0 Å². The van der Waals surface area contributed by atoms with E-state index in [1.54, 1.807) is 0 Å². The predicted molar refractivity (Wildman–Crippen MR) is 61.6 cm³/mol. The molecule has 0 fully saturated rings. The summed E-state index contributed by atoms with van der Waals surface area (Å²) in [6.07, 6.45) is 9.98. The van der Waals surface area contributed by atoms with E-state index < -0.39 is 8.11 Å². The molecule has 1 atom stereocenters. The van der Waals surface area contributed by atoms with Gasteiger partial charge in [0.25, 0.3) is 0 Å². The number of hydrogen-bond acceptors (Lipinski definition) is 0. The second kappa shape index (κ2) is 9.34. The molecule has 1 unspecified atom stereocenters. The predicted octanol–water partition coefficient (Wildman–Crippen LogP) is 4.11. The monoisotopic (exact) mass is 204 g/mol. The number of rotatable bonds is 8. The highest BCUT2D eigenvalue weighted by Gasteiger charge is 1.97. The van der Waals surface area contributed by atoms with E-state index in [0.29, 0.717) is 0 Å². The van der Waals surface area contributed by atoms with Crippen molar-refractivity contribution in [1.29, 1.82) is 0 Å². The van der Waals surface area contributed by atoms with Gasteiger partial charge in [0, 0.05) is 0 Å². The fraction of sp³-hybridized carbons (Fsp3) is 0.800. The highest BCUT2D eigenvalue weighted by molar-refractivity contribution is 7.06. The molecule has 0 aliphatic heterocycles. The minimum atomic E-state index is -0.779. The maximum atomic E-state index is 5.97. The van der Waals surface area contributed by atoms with Gasteiger partial charge in [0.1, 0.15) is 8.11 Å². The van der Waals surface area contributed by atoms with Crippen LogP contribution < -0.4 is 0 Å². The van der Waals surface area contributed by atoms with E-state index in [-0.39, 0.29) is 0 Å². The Balaban J connectivity index is 2.86. The van der Waals surface area contributed by atoms with Crippen LogP contribution >= 0.6 is 11.1 Å². The van der Waals surface area contributed by atoms with Crippen LogP contribution in [0, 0.1) is 0 Å². The summed E-state index contributed by atoms with van der Waals surface area (Å²) in [7, 11) is -0.779. The Morgan fingerprint density at radius 3 is 2.33 bits per heavy atom. The van der Waals surface area contributed by atoms with E-state index in [1.807, 2.05) is 6.08 Å². The summed E-state index contributed by atoms with van der Waals surface area (Å²) >= 11 is 5.97. The van der Waals surface area contributed by atoms with Gasteiger partial charge in [0.15, 0.2) is 0 Å². The van der Waals surface area contributed by atoms with Gasteiger partial charge >= 0.3 is 0 Å². The molecule has 0 spiro atoms. The van der Waals surface area contributed by atoms with Crippen LogP contribution in [0.15, 0.2) is 12.7 Å². The van der Waals surface area contributed by atoms with Crippen molar-refractivity contribution in [1.82, 2.24) is 0 Å². The van der Waals surface area contributed by atoms with E-state index in [0.717, 1.165) is 0 Å². The van der Waals surface area contributed by atoms with Crippen molar-refractivity contribution >= 4 is 19.2 Å². The van der Waals surface area contributed by atoms with Crippen molar-refractivity contribution in [2.75, 3.05) is 0 Å². The van der Waals surface area contributed by atoms with Gasteiger partial charge in [-0.15, -0.1) is 6.58 Å². The van der Waals surface area contributed by atoms with Crippen molar-refractivity contribution in [2.45, 2.75) is 51.1 Å². The van der Waals surface area contributed by atoms with E-state index in [2.05, 4.69) is 13.1 Å². The molecule has 0 saturated heterocycles. The van der Waals surface area contributed by atoms with E-state index >= 15 is 0 Å². The Labute approximate surface area is 83.3 Å². The molecule has 0 saturated carbocycles. The molecule has 12 heavy (non-hydrogen) atoms. The van der Waals surface area contributed by atoms with Crippen LogP contribution in [0.4, 0.5) is 0 Å². The largest absolute Gasteiger partial charge is 0.172 e. The summed E-state index contributed by atoms with van der Waals surface area (Å²) in [5.41, 5.74) is 0. The number of hydrogen-bond donors (Lipinski definition) is 0. The Hall–Kier alpha value is 0.247. The van der Waals surface area contributed by atoms with Gasteiger partial charge in [-0.2, -0.15) is 11.1 Å². The first-order valence-corrected chi connectivity index (χ1v) is 8.74. The zero-order valence-corrected chi connectivity index (χ0v) is 10.1. The molecule has 0 aliphatic rings. The van der Waals surface area contributed by atoms with E-state index in [9.17, 15) is 0 Å². The average Bonchev–Trinajstić information content (AvgIpc) is 2.02. The lowest BCUT2D eigenvalue weighted by molar-refractivity contribution is 0.636. The molecule has 0 aromatic heterocycles. The summed E-state index contributed by atoms with van der Waals surface area (Å²) in [5.74, 6) is 0. The molecule has 0 aliphatic carbocycles. The Kier molecular flexibility index (Phi) is 9.53. The molecular formula is C10H21ClSi. The molecule has 0 amide bonds. The minimum absolute atomic E-state index is 0.779. The van der Waals surface area contributed by atoms with Crippen LogP contribution in [0.1, 0.15) is 38.5 Å². The maximum Gasteiger partial charge on any atom is 0.138 e. The van der Waals surface area contributed by atoms with Crippen molar-refractivity contribution in [3.05, 3.63) is 12.7 Å². The molecule has 0 rings (SSSR count). The fourth-order valence-corrected chi connectivity index (χ4v) is 2.56. The van der Waals surface area contributed by atoms with Crippen LogP contribution in [0.3, 0.4) is 0 Å². The van der Waals surface area contributed by atoms with Gasteiger partial charge in [0.05, 0.1) is 0 Å². The normalized spacial score (nSPS) is 12.8. The second-order valence-electron chi connectivity index (χ2n) is 3.41. The van der Waals surface area contributed by atoms with Crippen LogP contribution in [-0.4, -0.2) is 8.11 Å². The van der Waals surface area contributed by atoms with Crippen molar-refractivity contribution in [3.8, 4) is 0 Å². The SMILES string of the molecule is C=CCCCCCCC[SiH](C)Cl. The van der Waals surface area contributed by atoms with Crippen molar-refractivity contribution in [2.24, 2.45) is 0 Å². The van der Waals surface area contributed by atoms with E-state index in [4.69, 9.17) is 11.1 Å². The molecule has 0 heterocycles. The second-order valence-corrected chi connectivity index (χ2v) is 7.79. The zero-order valence-electron chi connectivity index (χ0n) is 8.19. The van der Waals surface area contributed by atoms with Crippen molar-refractivity contribution < 1.29 is 0 Å². The van der Waals surface area contributed by atoms with Gasteiger partial charge in [-0.3, -0.25) is 0 Å². The molecule has 0 nitrogen and oxygen atoms in total. The lowest BCUT2D eigenvalue weighted by atomic mass is 10.1. The van der Waals surface area contributed by atoms with Gasteiger partial charge in [-0.25, -0.2) is 0 Å². The van der Waals surface area contributed by atoms with Crippen LogP contribution in [-0.2, 0) is 0 Å². The molecule has 72 valence electrons. The lowest BCUT2D eigenvalue weighted by Crippen LogP contribution is -1.94. The summed E-state index contributed by atoms with van der Waals surface area (Å²) < 4.78 is 0. The minimum Gasteiger partial charge on any atom is -0.172 e. The fourth-order valence-electron chi connectivity index (χ4n) is 1.24. The van der Waals surface area contributed by atoms with Gasteiger partial charge < -0.3 is 0 Å². The quantitative estimate of drug-likeness (QED) is 0.242. The molecule has 2 heteroatoms. The molecule has 0 aromatic rings. The highest BCUT2D eigenvalue weighted by Crippen LogP contribution is 2.10. The highest BCUT2D eigenvalue weighted by atomic mass is 35.6. The van der Waals surface area contributed by atoms with Crippen LogP contribution in [0.5, 0.6) is 0 Å². The molecule has 0 N–H and O–H groups in total. The van der Waals surface area contributed by atoms with E-state index in [1.165, 1.54) is 44.6 Å². The summed E-state index contributed by atoms with van der Waals surface area (Å²) in [6.45, 7) is 5.91. The van der Waals surface area contributed by atoms with Crippen LogP contribution in [0.25, 0.3) is 0 Å². The Morgan fingerprint density at radius 1 is 1.17 bits per heavy atom. The smallest absolute Gasteiger partial charge is 0.138 e. The molecule has 0 radical (unpaired) electrons. The number of unbranched alkanes of at least 4 members (excludes halogenated alkanes) is 5. The Bertz CT molecular complexity index is 102. The third kappa shape index (κ3) is 10.2. The van der Waals surface area contributed by atoms with Gasteiger partial charge in [-0.1, -0.05) is 38.3 Å². The first-order chi connectivity index (χ1) is 5.77. The van der Waals surface area contributed by atoms with Crippen LogP contribution in [0.2, 0.25) is 12.6 Å². The zero-order chi connectivity index (χ0) is 9.23. The van der Waals surface area contributed by atoms with Gasteiger partial charge in [-0.05, 0) is 18.9 Å². The molecule has 0 aromatic carbocycles. The third-order valence-corrected chi connectivity index (χ3v) is 3.87. The standard InChI is InChI=1S/C10H21ClSi/c1-3-4-5-6-7-8-9-10-12(2)11/h3,12H,1,4-10H2,2H3.